The number of piperazine rings is 1. The third-order valence-electron chi connectivity index (χ3n) is 3.34. The number of hydrogen-bond donors (Lipinski definition) is 1. The molecule has 1 unspecified atom stereocenters. The summed E-state index contributed by atoms with van der Waals surface area (Å²) in [6, 6.07) is 0.495. The van der Waals surface area contributed by atoms with Crippen molar-refractivity contribution in [2.45, 2.75) is 6.04 Å². The topological polar surface area (TPSA) is 53.5 Å². The zero-order valence-electron chi connectivity index (χ0n) is 11.3. The Hall–Kier alpha value is -1.40. The minimum Gasteiger partial charge on any atom is -0.494 e. The van der Waals surface area contributed by atoms with Crippen molar-refractivity contribution in [1.82, 2.24) is 19.8 Å². The zero-order chi connectivity index (χ0) is 13.0. The molecule has 0 bridgehead atoms. The fraction of sp³-hybridized carbons (Fsp3) is 0.667. The molecule has 0 aromatic carbocycles. The molecule has 0 aliphatic carbocycles. The van der Waals surface area contributed by atoms with Gasteiger partial charge in [0.25, 0.3) is 0 Å². The summed E-state index contributed by atoms with van der Waals surface area (Å²) in [5.74, 6) is 1.33. The fourth-order valence-corrected chi connectivity index (χ4v) is 2.04. The molecule has 6 heteroatoms. The second-order valence-electron chi connectivity index (χ2n) is 4.72. The summed E-state index contributed by atoms with van der Waals surface area (Å²) < 4.78 is 5.03. The Morgan fingerprint density at radius 1 is 1.33 bits per heavy atom. The van der Waals surface area contributed by atoms with Crippen molar-refractivity contribution in [1.29, 1.82) is 0 Å². The van der Waals surface area contributed by atoms with E-state index in [1.54, 1.807) is 19.5 Å². The van der Waals surface area contributed by atoms with Crippen molar-refractivity contribution >= 4 is 5.95 Å². The molecule has 2 rings (SSSR count). The van der Waals surface area contributed by atoms with Crippen molar-refractivity contribution in [2.75, 3.05) is 52.7 Å². The first-order valence-corrected chi connectivity index (χ1v) is 6.17. The Kier molecular flexibility index (Phi) is 4.33. The summed E-state index contributed by atoms with van der Waals surface area (Å²) in [6.07, 6.45) is 3.35. The molecule has 100 valence electrons. The number of hydrogen-bond acceptors (Lipinski definition) is 6. The molecule has 1 N–H and O–H groups in total. The van der Waals surface area contributed by atoms with Crippen LogP contribution < -0.4 is 10.1 Å². The SMILES string of the molecule is COc1cnc(NCC2CN(C)CCN2C)nc1. The second-order valence-corrected chi connectivity index (χ2v) is 4.72. The molecular formula is C12H21N5O. The van der Waals surface area contributed by atoms with Gasteiger partial charge in [-0.3, -0.25) is 4.90 Å². The first-order valence-electron chi connectivity index (χ1n) is 6.17. The number of nitrogens with zero attached hydrogens (tertiary/aromatic N) is 4. The van der Waals surface area contributed by atoms with Crippen LogP contribution in [0, 0.1) is 0 Å². The van der Waals surface area contributed by atoms with E-state index in [-0.39, 0.29) is 0 Å². The number of methoxy groups -OCH3 is 1. The standard InChI is InChI=1S/C12H21N5O/c1-16-4-5-17(2)10(9-16)6-13-12-14-7-11(18-3)8-15-12/h7-8,10H,4-6,9H2,1-3H3,(H,13,14,15). The van der Waals surface area contributed by atoms with E-state index in [2.05, 4.69) is 39.2 Å². The van der Waals surface area contributed by atoms with Gasteiger partial charge in [-0.25, -0.2) is 9.97 Å². The van der Waals surface area contributed by atoms with Crippen LogP contribution in [0.1, 0.15) is 0 Å². The van der Waals surface area contributed by atoms with Crippen molar-refractivity contribution in [3.63, 3.8) is 0 Å². The zero-order valence-corrected chi connectivity index (χ0v) is 11.3. The van der Waals surface area contributed by atoms with E-state index in [1.807, 2.05) is 0 Å². The Morgan fingerprint density at radius 2 is 2.06 bits per heavy atom. The van der Waals surface area contributed by atoms with Crippen LogP contribution in [0.25, 0.3) is 0 Å². The van der Waals surface area contributed by atoms with Gasteiger partial charge in [-0.2, -0.15) is 0 Å². The minimum atomic E-state index is 0.495. The highest BCUT2D eigenvalue weighted by Gasteiger charge is 2.21. The van der Waals surface area contributed by atoms with Crippen LogP contribution in [-0.2, 0) is 0 Å². The minimum absolute atomic E-state index is 0.495. The molecule has 1 saturated heterocycles. The molecule has 0 saturated carbocycles. The predicted molar refractivity (Wildman–Crippen MR) is 71.0 cm³/mol. The molecule has 0 radical (unpaired) electrons. The second kappa shape index (κ2) is 5.97. The van der Waals surface area contributed by atoms with Gasteiger partial charge in [-0.05, 0) is 14.1 Å². The van der Waals surface area contributed by atoms with Crippen LogP contribution in [0.15, 0.2) is 12.4 Å². The van der Waals surface area contributed by atoms with Gasteiger partial charge in [0, 0.05) is 32.2 Å². The number of rotatable bonds is 4. The molecule has 1 aromatic heterocycles. The smallest absolute Gasteiger partial charge is 0.222 e. The average Bonchev–Trinajstić information content (AvgIpc) is 2.40. The molecule has 1 aromatic rings. The van der Waals surface area contributed by atoms with Crippen molar-refractivity contribution in [2.24, 2.45) is 0 Å². The van der Waals surface area contributed by atoms with Gasteiger partial charge in [-0.15, -0.1) is 0 Å². The highest BCUT2D eigenvalue weighted by atomic mass is 16.5. The van der Waals surface area contributed by atoms with E-state index in [0.717, 1.165) is 26.2 Å². The maximum Gasteiger partial charge on any atom is 0.222 e. The van der Waals surface area contributed by atoms with Crippen molar-refractivity contribution in [3.05, 3.63) is 12.4 Å². The molecule has 18 heavy (non-hydrogen) atoms. The molecule has 2 heterocycles. The van der Waals surface area contributed by atoms with Crippen LogP contribution in [-0.4, -0.2) is 73.2 Å². The molecule has 6 nitrogen and oxygen atoms in total. The molecular weight excluding hydrogens is 230 g/mol. The van der Waals surface area contributed by atoms with Crippen LogP contribution in [0.3, 0.4) is 0 Å². The number of ether oxygens (including phenoxy) is 1. The summed E-state index contributed by atoms with van der Waals surface area (Å²) in [7, 11) is 5.93. The van der Waals surface area contributed by atoms with E-state index in [1.165, 1.54) is 0 Å². The largest absolute Gasteiger partial charge is 0.494 e. The van der Waals surface area contributed by atoms with E-state index in [9.17, 15) is 0 Å². The lowest BCUT2D eigenvalue weighted by molar-refractivity contribution is 0.121. The Balaban J connectivity index is 1.86. The summed E-state index contributed by atoms with van der Waals surface area (Å²) in [4.78, 5) is 13.1. The van der Waals surface area contributed by atoms with Gasteiger partial charge < -0.3 is 15.0 Å². The number of aromatic nitrogens is 2. The van der Waals surface area contributed by atoms with E-state index < -0.39 is 0 Å². The summed E-state index contributed by atoms with van der Waals surface area (Å²) in [5, 5.41) is 3.27. The monoisotopic (exact) mass is 251 g/mol. The Morgan fingerprint density at radius 3 is 2.72 bits per heavy atom. The molecule has 0 amide bonds. The number of likely N-dealkylation sites (N-methyl/N-ethyl adjacent to an activating group) is 2. The average molecular weight is 251 g/mol. The molecule has 0 spiro atoms. The lowest BCUT2D eigenvalue weighted by Crippen LogP contribution is -2.52. The van der Waals surface area contributed by atoms with Gasteiger partial charge in [0.1, 0.15) is 0 Å². The maximum absolute atomic E-state index is 5.03. The number of anilines is 1. The van der Waals surface area contributed by atoms with Crippen molar-refractivity contribution in [3.8, 4) is 5.75 Å². The Labute approximate surface area is 108 Å². The quantitative estimate of drug-likeness (QED) is 0.822. The summed E-state index contributed by atoms with van der Waals surface area (Å²) in [5.41, 5.74) is 0. The first kappa shape index (κ1) is 13.0. The van der Waals surface area contributed by atoms with Crippen LogP contribution in [0.5, 0.6) is 5.75 Å². The van der Waals surface area contributed by atoms with Gasteiger partial charge in [0.2, 0.25) is 5.95 Å². The highest BCUT2D eigenvalue weighted by molar-refractivity contribution is 5.27. The third kappa shape index (κ3) is 3.30. The third-order valence-corrected chi connectivity index (χ3v) is 3.34. The number of nitrogens with one attached hydrogen (secondary N) is 1. The van der Waals surface area contributed by atoms with Gasteiger partial charge in [0.15, 0.2) is 5.75 Å². The molecule has 1 atom stereocenters. The van der Waals surface area contributed by atoms with Gasteiger partial charge in [-0.1, -0.05) is 0 Å². The lowest BCUT2D eigenvalue weighted by Gasteiger charge is -2.37. The van der Waals surface area contributed by atoms with Crippen molar-refractivity contribution < 1.29 is 4.74 Å². The first-order chi connectivity index (χ1) is 8.69. The van der Waals surface area contributed by atoms with Crippen LogP contribution in [0.2, 0.25) is 0 Å². The van der Waals surface area contributed by atoms with Gasteiger partial charge in [0.05, 0.1) is 19.5 Å². The van der Waals surface area contributed by atoms with Crippen LogP contribution >= 0.6 is 0 Å². The van der Waals surface area contributed by atoms with E-state index >= 15 is 0 Å². The Bertz CT molecular complexity index is 369. The van der Waals surface area contributed by atoms with E-state index in [0.29, 0.717) is 17.7 Å². The lowest BCUT2D eigenvalue weighted by atomic mass is 10.2. The highest BCUT2D eigenvalue weighted by Crippen LogP contribution is 2.09. The molecule has 1 fully saturated rings. The molecule has 1 aliphatic heterocycles. The van der Waals surface area contributed by atoms with E-state index in [4.69, 9.17) is 4.74 Å². The fourth-order valence-electron chi connectivity index (χ4n) is 2.04. The predicted octanol–water partition coefficient (Wildman–Crippen LogP) is 0.143. The van der Waals surface area contributed by atoms with Crippen LogP contribution in [0.4, 0.5) is 5.95 Å². The summed E-state index contributed by atoms with van der Waals surface area (Å²) >= 11 is 0. The molecule has 1 aliphatic rings. The normalized spacial score (nSPS) is 21.8. The maximum atomic E-state index is 5.03. The van der Waals surface area contributed by atoms with Gasteiger partial charge >= 0.3 is 0 Å². The summed E-state index contributed by atoms with van der Waals surface area (Å²) in [6.45, 7) is 4.16.